The van der Waals surface area contributed by atoms with Gasteiger partial charge in [-0.3, -0.25) is 9.97 Å². The minimum atomic E-state index is -0.895. The van der Waals surface area contributed by atoms with Crippen molar-refractivity contribution in [2.24, 2.45) is 14.1 Å². The number of aliphatic hydroxyl groups excluding tert-OH is 1. The fourth-order valence-electron chi connectivity index (χ4n) is 4.35. The summed E-state index contributed by atoms with van der Waals surface area (Å²) in [6.45, 7) is 3.95. The van der Waals surface area contributed by atoms with Gasteiger partial charge in [0.15, 0.2) is 12.8 Å². The Bertz CT molecular complexity index is 1470. The van der Waals surface area contributed by atoms with Crippen LogP contribution in [0.15, 0.2) is 47.4 Å². The van der Waals surface area contributed by atoms with Crippen molar-refractivity contribution in [3.8, 4) is 16.9 Å². The lowest BCUT2D eigenvalue weighted by Gasteiger charge is -2.12. The predicted octanol–water partition coefficient (Wildman–Crippen LogP) is 3.31. The molecule has 1 aromatic carbocycles. The second-order valence-electron chi connectivity index (χ2n) is 7.88. The molecule has 162 valence electrons. The van der Waals surface area contributed by atoms with Gasteiger partial charge in [0.25, 0.3) is 0 Å². The maximum Gasteiger partial charge on any atom is 0.236 e. The van der Waals surface area contributed by atoms with Crippen molar-refractivity contribution in [1.29, 1.82) is 0 Å². The van der Waals surface area contributed by atoms with E-state index in [2.05, 4.69) is 15.0 Å². The lowest BCUT2D eigenvalue weighted by Crippen LogP contribution is -2.27. The molecular formula is C24H24N5O3+. The molecule has 5 rings (SSSR count). The third-order valence-electron chi connectivity index (χ3n) is 6.03. The maximum absolute atomic E-state index is 10.9. The summed E-state index contributed by atoms with van der Waals surface area (Å²) in [4.78, 5) is 13.4. The Morgan fingerprint density at radius 1 is 1.19 bits per heavy atom. The number of pyridine rings is 2. The van der Waals surface area contributed by atoms with E-state index >= 15 is 0 Å². The number of benzene rings is 1. The van der Waals surface area contributed by atoms with E-state index in [4.69, 9.17) is 9.26 Å². The average Bonchev–Trinajstić information content (AvgIpc) is 3.27. The Morgan fingerprint density at radius 3 is 2.66 bits per heavy atom. The number of aromatic nitrogens is 5. The van der Waals surface area contributed by atoms with Crippen LogP contribution in [0.2, 0.25) is 0 Å². The Hall–Kier alpha value is -3.78. The molecule has 0 amide bonds. The lowest BCUT2D eigenvalue weighted by molar-refractivity contribution is -0.850. The zero-order chi connectivity index (χ0) is 22.6. The predicted molar refractivity (Wildman–Crippen MR) is 119 cm³/mol. The van der Waals surface area contributed by atoms with Crippen molar-refractivity contribution in [2.75, 3.05) is 7.11 Å². The van der Waals surface area contributed by atoms with Gasteiger partial charge in [0.1, 0.15) is 28.8 Å². The van der Waals surface area contributed by atoms with E-state index in [1.54, 1.807) is 36.5 Å². The number of aliphatic hydroxyl groups is 1. The number of hydrogen-bond acceptors (Lipinski definition) is 6. The minimum absolute atomic E-state index is 0.527. The zero-order valence-electron chi connectivity index (χ0n) is 18.6. The van der Waals surface area contributed by atoms with E-state index in [0.717, 1.165) is 44.8 Å². The molecule has 4 aromatic heterocycles. The molecule has 4 heterocycles. The summed E-state index contributed by atoms with van der Waals surface area (Å²) in [7, 11) is 5.43. The topological polar surface area (TPSA) is 90.1 Å². The van der Waals surface area contributed by atoms with Gasteiger partial charge in [0.05, 0.1) is 24.3 Å². The molecule has 1 atom stereocenters. The van der Waals surface area contributed by atoms with Gasteiger partial charge in [-0.05, 0) is 22.9 Å². The van der Waals surface area contributed by atoms with E-state index in [0.29, 0.717) is 16.9 Å². The van der Waals surface area contributed by atoms with Crippen molar-refractivity contribution < 1.29 is 19.1 Å². The second-order valence-corrected chi connectivity index (χ2v) is 7.88. The third kappa shape index (κ3) is 2.95. The van der Waals surface area contributed by atoms with Crippen molar-refractivity contribution >= 4 is 21.9 Å². The number of hydrogen-bond donors (Lipinski definition) is 1. The fraction of sp³-hybridized carbons (Fsp3) is 0.250. The van der Waals surface area contributed by atoms with E-state index in [-0.39, 0.29) is 0 Å². The zero-order valence-corrected chi connectivity index (χ0v) is 18.6. The summed E-state index contributed by atoms with van der Waals surface area (Å²) in [6.07, 6.45) is 4.16. The maximum atomic E-state index is 10.9. The number of fused-ring (bicyclic) bond motifs is 3. The van der Waals surface area contributed by atoms with Crippen molar-refractivity contribution in [2.45, 2.75) is 20.0 Å². The summed E-state index contributed by atoms with van der Waals surface area (Å²) >= 11 is 0. The van der Waals surface area contributed by atoms with Crippen LogP contribution in [0.4, 0.5) is 0 Å². The van der Waals surface area contributed by atoms with Gasteiger partial charge in [-0.25, -0.2) is 9.51 Å². The minimum Gasteiger partial charge on any atom is -0.496 e. The van der Waals surface area contributed by atoms with Gasteiger partial charge < -0.3 is 14.4 Å². The number of methoxy groups -OCH3 is 1. The largest absolute Gasteiger partial charge is 0.496 e. The van der Waals surface area contributed by atoms with Crippen LogP contribution in [0.1, 0.15) is 28.9 Å². The van der Waals surface area contributed by atoms with Crippen LogP contribution in [0.5, 0.6) is 5.75 Å². The first-order valence-electron chi connectivity index (χ1n) is 10.3. The van der Waals surface area contributed by atoms with Crippen LogP contribution in [0.25, 0.3) is 33.1 Å². The van der Waals surface area contributed by atoms with Gasteiger partial charge in [0.2, 0.25) is 5.69 Å². The second kappa shape index (κ2) is 7.42. The van der Waals surface area contributed by atoms with Gasteiger partial charge in [-0.1, -0.05) is 6.07 Å². The number of aryl methyl sites for hydroxylation is 3. The van der Waals surface area contributed by atoms with Crippen molar-refractivity contribution in [1.82, 2.24) is 19.5 Å². The molecule has 0 saturated carbocycles. The fourth-order valence-corrected chi connectivity index (χ4v) is 4.35. The van der Waals surface area contributed by atoms with Gasteiger partial charge in [-0.15, -0.1) is 0 Å². The molecule has 0 radical (unpaired) electrons. The highest BCUT2D eigenvalue weighted by Gasteiger charge is 2.25. The highest BCUT2D eigenvalue weighted by Crippen LogP contribution is 2.39. The Kier molecular flexibility index (Phi) is 4.67. The summed E-state index contributed by atoms with van der Waals surface area (Å²) in [5, 5.41) is 11.8. The molecule has 8 heteroatoms. The smallest absolute Gasteiger partial charge is 0.236 e. The summed E-state index contributed by atoms with van der Waals surface area (Å²) in [5.74, 6) is 2.06. The monoisotopic (exact) mass is 430 g/mol. The van der Waals surface area contributed by atoms with Crippen LogP contribution in [0, 0.1) is 13.8 Å². The Labute approximate surface area is 184 Å². The first kappa shape index (κ1) is 20.1. The summed E-state index contributed by atoms with van der Waals surface area (Å²) in [6, 6.07) is 7.62. The molecule has 0 saturated heterocycles. The molecule has 1 unspecified atom stereocenters. The Morgan fingerprint density at radius 2 is 2.00 bits per heavy atom. The summed E-state index contributed by atoms with van der Waals surface area (Å²) in [5.41, 5.74) is 5.99. The molecule has 0 fully saturated rings. The van der Waals surface area contributed by atoms with Gasteiger partial charge in [0, 0.05) is 49.8 Å². The number of ether oxygens (including phenoxy) is 1. The van der Waals surface area contributed by atoms with Gasteiger partial charge in [-0.2, -0.15) is 0 Å². The van der Waals surface area contributed by atoms with E-state index in [9.17, 15) is 5.11 Å². The van der Waals surface area contributed by atoms with Crippen molar-refractivity contribution in [3.63, 3.8) is 0 Å². The van der Waals surface area contributed by atoms with Gasteiger partial charge >= 0.3 is 0 Å². The van der Waals surface area contributed by atoms with Crippen LogP contribution in [-0.4, -0.2) is 31.7 Å². The Balaban J connectivity index is 1.74. The molecule has 5 aromatic rings. The first-order valence-corrected chi connectivity index (χ1v) is 10.3. The SMILES string of the molecule is COc1cc2c(cc1-c1c(C)o[n+](C)c1C)ncc1nc(C(O)c3cccnc3)n(C)c12. The van der Waals surface area contributed by atoms with Crippen LogP contribution >= 0.6 is 0 Å². The highest BCUT2D eigenvalue weighted by atomic mass is 16.5. The highest BCUT2D eigenvalue weighted by molar-refractivity contribution is 6.05. The molecule has 8 nitrogen and oxygen atoms in total. The summed E-state index contributed by atoms with van der Waals surface area (Å²) < 4.78 is 15.2. The first-order chi connectivity index (χ1) is 15.4. The number of nitrogens with zero attached hydrogens (tertiary/aromatic N) is 5. The molecular weight excluding hydrogens is 406 g/mol. The third-order valence-corrected chi connectivity index (χ3v) is 6.03. The standard InChI is InChI=1S/C24H24N5O3/c1-13-21(14(2)32-29(13)4)17-9-18-16(10-20(17)31-5)22-19(12-26-18)27-24(28(22)3)23(30)15-7-6-8-25-11-15/h6-12,23,30H,1-5H3/q+1. The molecule has 32 heavy (non-hydrogen) atoms. The number of imidazole rings is 1. The normalized spacial score (nSPS) is 12.6. The van der Waals surface area contributed by atoms with Crippen LogP contribution in [0.3, 0.4) is 0 Å². The van der Waals surface area contributed by atoms with Crippen LogP contribution < -0.4 is 9.48 Å². The molecule has 0 aliphatic heterocycles. The van der Waals surface area contributed by atoms with Crippen molar-refractivity contribution in [3.05, 3.63) is 65.7 Å². The average molecular weight is 430 g/mol. The van der Waals surface area contributed by atoms with E-state index in [1.807, 2.05) is 50.7 Å². The molecule has 1 N–H and O–H groups in total. The van der Waals surface area contributed by atoms with E-state index < -0.39 is 6.10 Å². The van der Waals surface area contributed by atoms with E-state index in [1.165, 1.54) is 0 Å². The quantitative estimate of drug-likeness (QED) is 0.440. The number of rotatable bonds is 4. The lowest BCUT2D eigenvalue weighted by atomic mass is 10.0. The van der Waals surface area contributed by atoms with Crippen LogP contribution in [-0.2, 0) is 14.1 Å². The molecule has 0 aliphatic rings. The molecule has 0 spiro atoms. The molecule has 0 bridgehead atoms. The molecule has 0 aliphatic carbocycles.